The van der Waals surface area contributed by atoms with Crippen molar-refractivity contribution in [3.05, 3.63) is 23.8 Å². The van der Waals surface area contributed by atoms with Crippen LogP contribution in [0.2, 0.25) is 0 Å². The molecule has 0 aliphatic heterocycles. The quantitative estimate of drug-likeness (QED) is 0.146. The molecule has 1 rings (SSSR count). The molecule has 23 heavy (non-hydrogen) atoms. The van der Waals surface area contributed by atoms with Gasteiger partial charge in [-0.2, -0.15) is 0 Å². The van der Waals surface area contributed by atoms with Gasteiger partial charge in [-0.3, -0.25) is 9.79 Å². The summed E-state index contributed by atoms with van der Waals surface area (Å²) in [6.45, 7) is 0.392. The molecule has 0 saturated heterocycles. The minimum Gasteiger partial charge on any atom is -0.465 e. The van der Waals surface area contributed by atoms with Crippen LogP contribution in [0.5, 0.6) is 0 Å². The van der Waals surface area contributed by atoms with Crippen LogP contribution in [0, 0.1) is 0 Å². The highest BCUT2D eigenvalue weighted by atomic mass is 16.5. The van der Waals surface area contributed by atoms with Crippen LogP contribution in [0.1, 0.15) is 23.2 Å². The second-order valence-electron chi connectivity index (χ2n) is 4.84. The van der Waals surface area contributed by atoms with Gasteiger partial charge in [0.15, 0.2) is 5.96 Å². The number of carbonyl (C=O) groups is 2. The Morgan fingerprint density at radius 3 is 2.65 bits per heavy atom. The molecule has 9 nitrogen and oxygen atoms in total. The summed E-state index contributed by atoms with van der Waals surface area (Å²) in [5, 5.41) is 2.60. The van der Waals surface area contributed by atoms with Crippen LogP contribution < -0.4 is 28.3 Å². The van der Waals surface area contributed by atoms with Crippen LogP contribution in [0.25, 0.3) is 0 Å². The number of amides is 1. The average molecular weight is 322 g/mol. The van der Waals surface area contributed by atoms with Gasteiger partial charge in [0.2, 0.25) is 5.91 Å². The minimum atomic E-state index is -0.745. The third-order valence-electron chi connectivity index (χ3n) is 3.04. The van der Waals surface area contributed by atoms with Crippen LogP contribution in [-0.4, -0.2) is 37.5 Å². The number of nitrogens with zero attached hydrogens (tertiary/aromatic N) is 1. The van der Waals surface area contributed by atoms with Crippen molar-refractivity contribution in [1.82, 2.24) is 0 Å². The van der Waals surface area contributed by atoms with Gasteiger partial charge in [0.05, 0.1) is 30.1 Å². The first-order valence-electron chi connectivity index (χ1n) is 6.94. The molecule has 0 aromatic heterocycles. The van der Waals surface area contributed by atoms with E-state index in [1.165, 1.54) is 25.3 Å². The first kappa shape index (κ1) is 18.2. The van der Waals surface area contributed by atoms with Crippen molar-refractivity contribution in [1.29, 1.82) is 0 Å². The zero-order valence-electron chi connectivity index (χ0n) is 12.9. The summed E-state index contributed by atoms with van der Waals surface area (Å²) in [6.07, 6.45) is 0.962. The summed E-state index contributed by atoms with van der Waals surface area (Å²) in [6, 6.07) is 3.70. The van der Waals surface area contributed by atoms with E-state index in [2.05, 4.69) is 15.0 Å². The number of hydrogen-bond acceptors (Lipinski definition) is 6. The molecule has 1 atom stereocenters. The Labute approximate surface area is 134 Å². The van der Waals surface area contributed by atoms with Crippen molar-refractivity contribution in [3.63, 3.8) is 0 Å². The number of nitrogens with two attached hydrogens (primary N) is 4. The number of hydrogen-bond donors (Lipinski definition) is 5. The highest BCUT2D eigenvalue weighted by Gasteiger charge is 2.16. The second kappa shape index (κ2) is 8.59. The molecule has 1 aromatic carbocycles. The van der Waals surface area contributed by atoms with E-state index in [9.17, 15) is 9.59 Å². The highest BCUT2D eigenvalue weighted by molar-refractivity contribution is 5.99. The molecule has 0 heterocycles. The summed E-state index contributed by atoms with van der Waals surface area (Å²) in [5.41, 5.74) is 22.9. The van der Waals surface area contributed by atoms with E-state index in [1.54, 1.807) is 0 Å². The Morgan fingerprint density at radius 2 is 2.04 bits per heavy atom. The fraction of sp³-hybridized carbons (Fsp3) is 0.357. The molecule has 126 valence electrons. The monoisotopic (exact) mass is 322 g/mol. The molecule has 0 unspecified atom stereocenters. The molecule has 9 N–H and O–H groups in total. The standard InChI is InChI=1S/C14H22N6O3/c1-23-13(22)8-4-5-9(15)11(7-8)20-12(21)10(16)3-2-6-19-14(17)18/h4-5,7,10H,2-3,6,15-16H2,1H3,(H,20,21)(H4,17,18,19)/t10-/m0/s1. The number of nitrogen functional groups attached to an aromatic ring is 1. The summed E-state index contributed by atoms with van der Waals surface area (Å²) >= 11 is 0. The predicted molar refractivity (Wildman–Crippen MR) is 88.7 cm³/mol. The number of methoxy groups -OCH3 is 1. The Kier molecular flexibility index (Phi) is 6.81. The summed E-state index contributed by atoms with van der Waals surface area (Å²) in [4.78, 5) is 27.4. The topological polar surface area (TPSA) is 172 Å². The molecule has 0 radical (unpaired) electrons. The van der Waals surface area contributed by atoms with Crippen molar-refractivity contribution in [2.45, 2.75) is 18.9 Å². The molecule has 0 spiro atoms. The zero-order chi connectivity index (χ0) is 17.4. The molecule has 9 heteroatoms. The number of esters is 1. The summed E-state index contributed by atoms with van der Waals surface area (Å²) in [5.74, 6) is -0.944. The van der Waals surface area contributed by atoms with Crippen LogP contribution in [0.3, 0.4) is 0 Å². The maximum Gasteiger partial charge on any atom is 0.337 e. The third kappa shape index (κ3) is 5.83. The molecule has 0 fully saturated rings. The van der Waals surface area contributed by atoms with E-state index in [0.717, 1.165) is 0 Å². The summed E-state index contributed by atoms with van der Waals surface area (Å²) in [7, 11) is 1.27. The van der Waals surface area contributed by atoms with E-state index in [1.807, 2.05) is 0 Å². The van der Waals surface area contributed by atoms with Gasteiger partial charge in [0, 0.05) is 6.54 Å². The smallest absolute Gasteiger partial charge is 0.337 e. The molecule has 1 aromatic rings. The molecular formula is C14H22N6O3. The number of ether oxygens (including phenoxy) is 1. The first-order chi connectivity index (χ1) is 10.8. The van der Waals surface area contributed by atoms with Gasteiger partial charge in [-0.1, -0.05) is 0 Å². The molecular weight excluding hydrogens is 300 g/mol. The molecule has 1 amide bonds. The molecule has 0 saturated carbocycles. The Bertz CT molecular complexity index is 598. The molecule has 0 aliphatic rings. The van der Waals surface area contributed by atoms with E-state index in [0.29, 0.717) is 30.8 Å². The fourth-order valence-corrected chi connectivity index (χ4v) is 1.79. The number of carbonyl (C=O) groups excluding carboxylic acids is 2. The van der Waals surface area contributed by atoms with Gasteiger partial charge in [-0.05, 0) is 31.0 Å². The normalized spacial score (nSPS) is 11.4. The van der Waals surface area contributed by atoms with E-state index in [-0.39, 0.29) is 11.5 Å². The number of aliphatic imine (C=N–C) groups is 1. The molecule has 0 bridgehead atoms. The number of nitrogens with one attached hydrogen (secondary N) is 1. The van der Waals surface area contributed by atoms with Crippen molar-refractivity contribution in [2.75, 3.05) is 24.7 Å². The van der Waals surface area contributed by atoms with Crippen molar-refractivity contribution < 1.29 is 14.3 Å². The van der Waals surface area contributed by atoms with Gasteiger partial charge in [0.25, 0.3) is 0 Å². The maximum absolute atomic E-state index is 12.1. The number of rotatable bonds is 7. The fourth-order valence-electron chi connectivity index (χ4n) is 1.79. The van der Waals surface area contributed by atoms with Gasteiger partial charge in [0.1, 0.15) is 0 Å². The van der Waals surface area contributed by atoms with Gasteiger partial charge >= 0.3 is 5.97 Å². The lowest BCUT2D eigenvalue weighted by Gasteiger charge is -2.14. The highest BCUT2D eigenvalue weighted by Crippen LogP contribution is 2.21. The van der Waals surface area contributed by atoms with Crippen molar-refractivity contribution in [3.8, 4) is 0 Å². The first-order valence-corrected chi connectivity index (χ1v) is 6.94. The van der Waals surface area contributed by atoms with Crippen LogP contribution >= 0.6 is 0 Å². The van der Waals surface area contributed by atoms with Gasteiger partial charge in [-0.15, -0.1) is 0 Å². The van der Waals surface area contributed by atoms with Gasteiger partial charge in [-0.25, -0.2) is 4.79 Å². The zero-order valence-corrected chi connectivity index (χ0v) is 12.9. The lowest BCUT2D eigenvalue weighted by molar-refractivity contribution is -0.117. The second-order valence-corrected chi connectivity index (χ2v) is 4.84. The van der Waals surface area contributed by atoms with Crippen molar-refractivity contribution in [2.24, 2.45) is 22.2 Å². The largest absolute Gasteiger partial charge is 0.465 e. The summed E-state index contributed by atoms with van der Waals surface area (Å²) < 4.78 is 4.62. The van der Waals surface area contributed by atoms with Crippen LogP contribution in [-0.2, 0) is 9.53 Å². The van der Waals surface area contributed by atoms with E-state index >= 15 is 0 Å². The Hall–Kier alpha value is -2.81. The number of guanidine groups is 1. The Balaban J connectivity index is 2.65. The van der Waals surface area contributed by atoms with Crippen LogP contribution in [0.15, 0.2) is 23.2 Å². The molecule has 0 aliphatic carbocycles. The van der Waals surface area contributed by atoms with E-state index in [4.69, 9.17) is 22.9 Å². The third-order valence-corrected chi connectivity index (χ3v) is 3.04. The van der Waals surface area contributed by atoms with Gasteiger partial charge < -0.3 is 33.0 Å². The Morgan fingerprint density at radius 1 is 1.35 bits per heavy atom. The average Bonchev–Trinajstić information content (AvgIpc) is 2.52. The lowest BCUT2D eigenvalue weighted by Crippen LogP contribution is -2.36. The lowest BCUT2D eigenvalue weighted by atomic mass is 10.1. The number of benzene rings is 1. The minimum absolute atomic E-state index is 0.00424. The SMILES string of the molecule is COC(=O)c1ccc(N)c(NC(=O)[C@@H](N)CCCN=C(N)N)c1. The van der Waals surface area contributed by atoms with E-state index < -0.39 is 17.9 Å². The maximum atomic E-state index is 12.1. The number of anilines is 2. The predicted octanol–water partition coefficient (Wildman–Crippen LogP) is -0.625. The van der Waals surface area contributed by atoms with Crippen molar-refractivity contribution >= 4 is 29.2 Å². The van der Waals surface area contributed by atoms with Crippen LogP contribution in [0.4, 0.5) is 11.4 Å².